The summed E-state index contributed by atoms with van der Waals surface area (Å²) >= 11 is 0. The Kier molecular flexibility index (Phi) is 6.60. The van der Waals surface area contributed by atoms with Gasteiger partial charge in [0.2, 0.25) is 0 Å². The fraction of sp³-hybridized carbons (Fsp3) is 0.483. The summed E-state index contributed by atoms with van der Waals surface area (Å²) in [4.78, 5) is 33.3. The van der Waals surface area contributed by atoms with Crippen LogP contribution in [0.15, 0.2) is 48.8 Å². The van der Waals surface area contributed by atoms with Gasteiger partial charge in [-0.2, -0.15) is 0 Å². The van der Waals surface area contributed by atoms with Gasteiger partial charge in [-0.05, 0) is 75.3 Å². The Morgan fingerprint density at radius 1 is 1.03 bits per heavy atom. The molecule has 0 aliphatic carbocycles. The van der Waals surface area contributed by atoms with Gasteiger partial charge in [0.05, 0.1) is 24.6 Å². The van der Waals surface area contributed by atoms with Crippen molar-refractivity contribution in [3.8, 4) is 0 Å². The lowest BCUT2D eigenvalue weighted by molar-refractivity contribution is 0.0266. The Balaban J connectivity index is 1.21. The molecule has 0 atom stereocenters. The number of fused-ring (bicyclic) bond motifs is 1. The highest BCUT2D eigenvalue weighted by atomic mass is 16.6. The van der Waals surface area contributed by atoms with Gasteiger partial charge in [-0.25, -0.2) is 14.6 Å². The molecule has 196 valence electrons. The molecule has 37 heavy (non-hydrogen) atoms. The van der Waals surface area contributed by atoms with Crippen molar-refractivity contribution >= 4 is 28.8 Å². The molecule has 0 unspecified atom stereocenters. The summed E-state index contributed by atoms with van der Waals surface area (Å²) in [6, 6.07) is 11.8. The molecule has 0 radical (unpaired) electrons. The highest BCUT2D eigenvalue weighted by molar-refractivity contribution is 5.89. The zero-order valence-electron chi connectivity index (χ0n) is 22.2. The monoisotopic (exact) mass is 504 g/mol. The molecule has 2 aromatic heterocycles. The number of carbonyl (C=O) groups excluding carboxylic acids is 2. The fourth-order valence-electron chi connectivity index (χ4n) is 5.49. The van der Waals surface area contributed by atoms with Crippen LogP contribution >= 0.6 is 0 Å². The normalized spacial score (nSPS) is 17.4. The number of likely N-dealkylation sites (tertiary alicyclic amines) is 1. The van der Waals surface area contributed by atoms with Crippen LogP contribution in [0.3, 0.4) is 0 Å². The van der Waals surface area contributed by atoms with E-state index in [9.17, 15) is 9.59 Å². The number of aromatic nitrogens is 2. The first-order chi connectivity index (χ1) is 17.6. The molecule has 1 amide bonds. The summed E-state index contributed by atoms with van der Waals surface area (Å²) in [5, 5.41) is 1.11. The zero-order valence-corrected chi connectivity index (χ0v) is 22.2. The third kappa shape index (κ3) is 5.43. The Hall–Kier alpha value is -3.55. The quantitative estimate of drug-likeness (QED) is 0.460. The van der Waals surface area contributed by atoms with Crippen molar-refractivity contribution in [1.82, 2.24) is 14.5 Å². The highest BCUT2D eigenvalue weighted by Gasteiger charge is 2.43. The predicted molar refractivity (Wildman–Crippen MR) is 143 cm³/mol. The number of ether oxygens (including phenoxy) is 2. The highest BCUT2D eigenvalue weighted by Crippen LogP contribution is 2.41. The first-order valence-corrected chi connectivity index (χ1v) is 13.0. The van der Waals surface area contributed by atoms with Crippen molar-refractivity contribution in [3.05, 3.63) is 59.9 Å². The van der Waals surface area contributed by atoms with Gasteiger partial charge in [-0.1, -0.05) is 12.1 Å². The first kappa shape index (κ1) is 25.1. The Labute approximate surface area is 218 Å². The number of pyridine rings is 1. The number of benzene rings is 1. The molecule has 8 heteroatoms. The van der Waals surface area contributed by atoms with E-state index < -0.39 is 5.60 Å². The average molecular weight is 505 g/mol. The van der Waals surface area contributed by atoms with E-state index in [1.807, 2.05) is 44.0 Å². The summed E-state index contributed by atoms with van der Waals surface area (Å²) in [6.45, 7) is 9.91. The number of piperidine rings is 1. The molecule has 2 aliphatic heterocycles. The van der Waals surface area contributed by atoms with E-state index in [0.717, 1.165) is 67.7 Å². The fourth-order valence-corrected chi connectivity index (χ4v) is 5.49. The van der Waals surface area contributed by atoms with Gasteiger partial charge in [-0.15, -0.1) is 0 Å². The van der Waals surface area contributed by atoms with Crippen molar-refractivity contribution in [3.63, 3.8) is 0 Å². The van der Waals surface area contributed by atoms with Gasteiger partial charge in [0.1, 0.15) is 11.2 Å². The number of rotatable bonds is 4. The van der Waals surface area contributed by atoms with Crippen LogP contribution in [0.25, 0.3) is 11.0 Å². The van der Waals surface area contributed by atoms with Gasteiger partial charge in [0, 0.05) is 44.3 Å². The molecule has 2 saturated heterocycles. The number of carbonyl (C=O) groups is 2. The summed E-state index contributed by atoms with van der Waals surface area (Å²) in [5.74, 6) is -0.330. The van der Waals surface area contributed by atoms with Gasteiger partial charge < -0.3 is 23.8 Å². The maximum absolute atomic E-state index is 12.5. The van der Waals surface area contributed by atoms with E-state index in [0.29, 0.717) is 12.1 Å². The number of hydrogen-bond donors (Lipinski definition) is 0. The number of nitrogens with zero attached hydrogens (tertiary/aromatic N) is 4. The van der Waals surface area contributed by atoms with Crippen molar-refractivity contribution < 1.29 is 19.1 Å². The van der Waals surface area contributed by atoms with Gasteiger partial charge in [0.25, 0.3) is 0 Å². The topological polar surface area (TPSA) is 76.9 Å². The van der Waals surface area contributed by atoms with Gasteiger partial charge in [-0.3, -0.25) is 0 Å². The molecule has 8 nitrogen and oxygen atoms in total. The lowest BCUT2D eigenvalue weighted by Gasteiger charge is -2.40. The third-order valence-electron chi connectivity index (χ3n) is 7.59. The molecule has 0 bridgehead atoms. The maximum atomic E-state index is 12.5. The van der Waals surface area contributed by atoms with Crippen molar-refractivity contribution in [1.29, 1.82) is 0 Å². The van der Waals surface area contributed by atoms with E-state index in [-0.39, 0.29) is 17.5 Å². The minimum absolute atomic E-state index is 0.189. The molecular formula is C29H36N4O4. The molecule has 2 aliphatic rings. The molecule has 3 aromatic rings. The second-order valence-corrected chi connectivity index (χ2v) is 11.4. The van der Waals surface area contributed by atoms with Crippen LogP contribution in [0.4, 0.5) is 10.5 Å². The van der Waals surface area contributed by atoms with Gasteiger partial charge >= 0.3 is 12.1 Å². The molecule has 0 N–H and O–H groups in total. The maximum Gasteiger partial charge on any atom is 0.410 e. The standard InChI is InChI=1S/C29H36N4O4/c1-28(2,3)37-27(35)33-16-12-29(20-33)10-14-31(15-11-29)24-17-23-9-13-32(25(23)30-18-24)19-21-5-7-22(8-6-21)26(34)36-4/h5-9,13,17-18H,10-12,14-16,19-20H2,1-4H3. The molecule has 0 saturated carbocycles. The minimum Gasteiger partial charge on any atom is -0.465 e. The largest absolute Gasteiger partial charge is 0.465 e. The van der Waals surface area contributed by atoms with Crippen LogP contribution in [0, 0.1) is 5.41 Å². The van der Waals surface area contributed by atoms with Gasteiger partial charge in [0.15, 0.2) is 0 Å². The van der Waals surface area contributed by atoms with E-state index in [2.05, 4.69) is 27.8 Å². The van der Waals surface area contributed by atoms with E-state index in [1.54, 1.807) is 12.1 Å². The average Bonchev–Trinajstić information content (AvgIpc) is 3.48. The van der Waals surface area contributed by atoms with Crippen molar-refractivity contribution in [2.24, 2.45) is 5.41 Å². The molecule has 1 spiro atoms. The molecule has 1 aromatic carbocycles. The molecule has 5 rings (SSSR count). The van der Waals surface area contributed by atoms with Crippen molar-refractivity contribution in [2.45, 2.75) is 52.2 Å². The van der Waals surface area contributed by atoms with E-state index in [4.69, 9.17) is 14.5 Å². The van der Waals surface area contributed by atoms with Crippen LogP contribution < -0.4 is 4.90 Å². The SMILES string of the molecule is COC(=O)c1ccc(Cn2ccc3cc(N4CCC5(CCN(C(=O)OC(C)(C)C)C5)CC4)cnc32)cc1. The summed E-state index contributed by atoms with van der Waals surface area (Å²) < 4.78 is 12.5. The molecule has 4 heterocycles. The van der Waals surface area contributed by atoms with Crippen LogP contribution in [0.2, 0.25) is 0 Å². The smallest absolute Gasteiger partial charge is 0.410 e. The summed E-state index contributed by atoms with van der Waals surface area (Å²) in [6.07, 6.45) is 7.01. The minimum atomic E-state index is -0.462. The van der Waals surface area contributed by atoms with Crippen LogP contribution in [0.1, 0.15) is 56.0 Å². The predicted octanol–water partition coefficient (Wildman–Crippen LogP) is 5.10. The zero-order chi connectivity index (χ0) is 26.2. The van der Waals surface area contributed by atoms with E-state index >= 15 is 0 Å². The summed E-state index contributed by atoms with van der Waals surface area (Å²) in [7, 11) is 1.39. The second kappa shape index (κ2) is 9.72. The second-order valence-electron chi connectivity index (χ2n) is 11.4. The molecule has 2 fully saturated rings. The molecular weight excluding hydrogens is 468 g/mol. The Morgan fingerprint density at radius 3 is 2.41 bits per heavy atom. The Bertz CT molecular complexity index is 1280. The van der Waals surface area contributed by atoms with Crippen LogP contribution in [0.5, 0.6) is 0 Å². The first-order valence-electron chi connectivity index (χ1n) is 13.0. The summed E-state index contributed by atoms with van der Waals surface area (Å²) in [5.41, 5.74) is 3.45. The number of esters is 1. The number of hydrogen-bond acceptors (Lipinski definition) is 6. The van der Waals surface area contributed by atoms with Crippen molar-refractivity contribution in [2.75, 3.05) is 38.2 Å². The third-order valence-corrected chi connectivity index (χ3v) is 7.59. The lowest BCUT2D eigenvalue weighted by atomic mass is 9.77. The Morgan fingerprint density at radius 2 is 1.73 bits per heavy atom. The van der Waals surface area contributed by atoms with Crippen LogP contribution in [-0.4, -0.2) is 65.4 Å². The number of anilines is 1. The number of methoxy groups -OCH3 is 1. The van der Waals surface area contributed by atoms with E-state index in [1.165, 1.54) is 7.11 Å². The number of amides is 1. The lowest BCUT2D eigenvalue weighted by Crippen LogP contribution is -2.43. The van der Waals surface area contributed by atoms with Crippen LogP contribution in [-0.2, 0) is 16.0 Å².